The van der Waals surface area contributed by atoms with Gasteiger partial charge in [-0.15, -0.1) is 0 Å². The number of pyridine rings is 1. The van der Waals surface area contributed by atoms with Crippen LogP contribution in [-0.2, 0) is 0 Å². The first kappa shape index (κ1) is 18.0. The van der Waals surface area contributed by atoms with E-state index in [9.17, 15) is 4.79 Å². The van der Waals surface area contributed by atoms with Gasteiger partial charge in [-0.25, -0.2) is 0 Å². The van der Waals surface area contributed by atoms with Crippen LogP contribution in [0, 0.1) is 0 Å². The zero-order valence-corrected chi connectivity index (χ0v) is 15.6. The van der Waals surface area contributed by atoms with E-state index in [0.717, 1.165) is 37.2 Å². The lowest BCUT2D eigenvalue weighted by atomic mass is 9.99. The Labute approximate surface area is 158 Å². The number of anilines is 2. The highest BCUT2D eigenvalue weighted by molar-refractivity contribution is 6.42. The topological polar surface area (TPSA) is 45.2 Å². The molecule has 1 saturated heterocycles. The monoisotopic (exact) mass is 377 g/mol. The maximum Gasteiger partial charge on any atom is 0.255 e. The highest BCUT2D eigenvalue weighted by Crippen LogP contribution is 2.27. The summed E-state index contributed by atoms with van der Waals surface area (Å²) in [6, 6.07) is 7.47. The molecule has 2 aromatic rings. The minimum Gasteiger partial charge on any atom is -0.354 e. The normalized spacial score (nSPS) is 17.4. The van der Waals surface area contributed by atoms with E-state index in [1.165, 1.54) is 6.42 Å². The van der Waals surface area contributed by atoms with Gasteiger partial charge in [-0.3, -0.25) is 9.78 Å². The molecule has 0 bridgehead atoms. The number of amides is 1. The van der Waals surface area contributed by atoms with Gasteiger partial charge in [0.1, 0.15) is 0 Å². The molecule has 4 nitrogen and oxygen atoms in total. The number of aromatic nitrogens is 1. The number of piperidine rings is 1. The Morgan fingerprint density at radius 2 is 2.04 bits per heavy atom. The van der Waals surface area contributed by atoms with Crippen molar-refractivity contribution in [2.45, 2.75) is 38.6 Å². The molecule has 0 spiro atoms. The summed E-state index contributed by atoms with van der Waals surface area (Å²) < 4.78 is 0. The lowest BCUT2D eigenvalue weighted by Crippen LogP contribution is -2.43. The minimum atomic E-state index is 0.0526. The van der Waals surface area contributed by atoms with Gasteiger partial charge in [-0.05, 0) is 49.9 Å². The number of halogens is 2. The molecule has 132 valence electrons. The zero-order valence-electron chi connectivity index (χ0n) is 14.1. The Morgan fingerprint density at radius 3 is 2.80 bits per heavy atom. The summed E-state index contributed by atoms with van der Waals surface area (Å²) in [6.07, 6.45) is 7.64. The van der Waals surface area contributed by atoms with Crippen molar-refractivity contribution in [3.63, 3.8) is 0 Å². The first-order chi connectivity index (χ1) is 12.1. The third-order valence-corrected chi connectivity index (χ3v) is 5.29. The van der Waals surface area contributed by atoms with E-state index in [1.54, 1.807) is 24.5 Å². The largest absolute Gasteiger partial charge is 0.354 e. The lowest BCUT2D eigenvalue weighted by Gasteiger charge is -2.35. The number of likely N-dealkylation sites (tertiary alicyclic amines) is 1. The second kappa shape index (κ2) is 8.07. The molecule has 1 amide bonds. The van der Waals surface area contributed by atoms with Crippen LogP contribution in [0.4, 0.5) is 11.4 Å². The molecule has 3 rings (SSSR count). The van der Waals surface area contributed by atoms with Crippen LogP contribution in [0.3, 0.4) is 0 Å². The molecule has 1 aliphatic heterocycles. The number of carbonyl (C=O) groups excluding carboxylic acids is 1. The number of hydrogen-bond donors (Lipinski definition) is 1. The molecule has 1 unspecified atom stereocenters. The summed E-state index contributed by atoms with van der Waals surface area (Å²) in [4.78, 5) is 19.1. The van der Waals surface area contributed by atoms with Crippen LogP contribution in [0.15, 0.2) is 36.7 Å². The third-order valence-electron chi connectivity index (χ3n) is 4.55. The minimum absolute atomic E-state index is 0.0526. The van der Waals surface area contributed by atoms with Crippen molar-refractivity contribution in [3.8, 4) is 0 Å². The molecule has 1 fully saturated rings. The molecule has 0 saturated carbocycles. The van der Waals surface area contributed by atoms with Gasteiger partial charge in [-0.2, -0.15) is 0 Å². The molecule has 2 heterocycles. The van der Waals surface area contributed by atoms with E-state index in [1.807, 2.05) is 17.0 Å². The second-order valence-electron chi connectivity index (χ2n) is 6.27. The number of benzene rings is 1. The Kier molecular flexibility index (Phi) is 5.82. The summed E-state index contributed by atoms with van der Waals surface area (Å²) in [6.45, 7) is 2.96. The first-order valence-electron chi connectivity index (χ1n) is 8.56. The standard InChI is InChI=1S/C19H21Cl2N3O/c1-2-16-5-3-4-8-24(16)19(25)13-9-15(12-22-11-13)23-14-6-7-17(20)18(21)10-14/h6-7,9-12,16,23H,2-5,8H2,1H3. The molecular formula is C19H21Cl2N3O. The fraction of sp³-hybridized carbons (Fsp3) is 0.368. The van der Waals surface area contributed by atoms with E-state index >= 15 is 0 Å². The zero-order chi connectivity index (χ0) is 17.8. The van der Waals surface area contributed by atoms with Crippen molar-refractivity contribution in [2.24, 2.45) is 0 Å². The third kappa shape index (κ3) is 4.25. The van der Waals surface area contributed by atoms with Gasteiger partial charge >= 0.3 is 0 Å². The molecule has 1 N–H and O–H groups in total. The van der Waals surface area contributed by atoms with Crippen molar-refractivity contribution in [3.05, 3.63) is 52.3 Å². The van der Waals surface area contributed by atoms with Crippen LogP contribution >= 0.6 is 23.2 Å². The Hall–Kier alpha value is -1.78. The van der Waals surface area contributed by atoms with Crippen LogP contribution in [0.25, 0.3) is 0 Å². The molecule has 25 heavy (non-hydrogen) atoms. The number of rotatable bonds is 4. The average Bonchev–Trinajstić information content (AvgIpc) is 2.64. The van der Waals surface area contributed by atoms with E-state index in [0.29, 0.717) is 21.7 Å². The van der Waals surface area contributed by atoms with Crippen LogP contribution < -0.4 is 5.32 Å². The Bertz CT molecular complexity index is 766. The van der Waals surface area contributed by atoms with E-state index in [2.05, 4.69) is 17.2 Å². The van der Waals surface area contributed by atoms with Gasteiger partial charge in [0.2, 0.25) is 0 Å². The van der Waals surface area contributed by atoms with Crippen molar-refractivity contribution < 1.29 is 4.79 Å². The molecule has 0 radical (unpaired) electrons. The van der Waals surface area contributed by atoms with Gasteiger partial charge in [-0.1, -0.05) is 30.1 Å². The van der Waals surface area contributed by atoms with Gasteiger partial charge in [0, 0.05) is 24.5 Å². The fourth-order valence-electron chi connectivity index (χ4n) is 3.22. The number of nitrogens with zero attached hydrogens (tertiary/aromatic N) is 2. The number of hydrogen-bond acceptors (Lipinski definition) is 3. The van der Waals surface area contributed by atoms with E-state index < -0.39 is 0 Å². The predicted octanol–water partition coefficient (Wildman–Crippen LogP) is 5.54. The number of nitrogens with one attached hydrogen (secondary N) is 1. The highest BCUT2D eigenvalue weighted by Gasteiger charge is 2.26. The van der Waals surface area contributed by atoms with Crippen LogP contribution in [0.2, 0.25) is 10.0 Å². The van der Waals surface area contributed by atoms with Crippen molar-refractivity contribution in [2.75, 3.05) is 11.9 Å². The lowest BCUT2D eigenvalue weighted by molar-refractivity contribution is 0.0607. The van der Waals surface area contributed by atoms with Gasteiger partial charge in [0.25, 0.3) is 5.91 Å². The molecule has 1 atom stereocenters. The summed E-state index contributed by atoms with van der Waals surface area (Å²) in [5.74, 6) is 0.0526. The van der Waals surface area contributed by atoms with Crippen LogP contribution in [0.5, 0.6) is 0 Å². The predicted molar refractivity (Wildman–Crippen MR) is 103 cm³/mol. The van der Waals surface area contributed by atoms with E-state index in [-0.39, 0.29) is 5.91 Å². The van der Waals surface area contributed by atoms with Crippen molar-refractivity contribution >= 4 is 40.5 Å². The first-order valence-corrected chi connectivity index (χ1v) is 9.32. The van der Waals surface area contributed by atoms with E-state index in [4.69, 9.17) is 23.2 Å². The van der Waals surface area contributed by atoms with Gasteiger partial charge < -0.3 is 10.2 Å². The smallest absolute Gasteiger partial charge is 0.255 e. The Morgan fingerprint density at radius 1 is 1.20 bits per heavy atom. The summed E-state index contributed by atoms with van der Waals surface area (Å²) in [5.41, 5.74) is 2.14. The molecule has 1 aromatic carbocycles. The van der Waals surface area contributed by atoms with Crippen LogP contribution in [0.1, 0.15) is 43.0 Å². The maximum atomic E-state index is 12.9. The summed E-state index contributed by atoms with van der Waals surface area (Å²) in [7, 11) is 0. The molecular weight excluding hydrogens is 357 g/mol. The SMILES string of the molecule is CCC1CCCCN1C(=O)c1cncc(Nc2ccc(Cl)c(Cl)c2)c1. The quantitative estimate of drug-likeness (QED) is 0.760. The molecule has 1 aromatic heterocycles. The molecule has 0 aliphatic carbocycles. The highest BCUT2D eigenvalue weighted by atomic mass is 35.5. The second-order valence-corrected chi connectivity index (χ2v) is 7.09. The molecule has 6 heteroatoms. The van der Waals surface area contributed by atoms with Gasteiger partial charge in [0.15, 0.2) is 0 Å². The van der Waals surface area contributed by atoms with Gasteiger partial charge in [0.05, 0.1) is 27.5 Å². The summed E-state index contributed by atoms with van der Waals surface area (Å²) >= 11 is 12.0. The number of carbonyl (C=O) groups is 1. The fourth-order valence-corrected chi connectivity index (χ4v) is 3.52. The molecule has 1 aliphatic rings. The average molecular weight is 378 g/mol. The Balaban J connectivity index is 1.78. The summed E-state index contributed by atoms with van der Waals surface area (Å²) in [5, 5.41) is 4.20. The van der Waals surface area contributed by atoms with Crippen molar-refractivity contribution in [1.82, 2.24) is 9.88 Å². The van der Waals surface area contributed by atoms with Crippen LogP contribution in [-0.4, -0.2) is 28.4 Å². The van der Waals surface area contributed by atoms with Crippen molar-refractivity contribution in [1.29, 1.82) is 0 Å². The maximum absolute atomic E-state index is 12.9.